The monoisotopic (exact) mass is 487 g/mol. The molecule has 4 aromatic rings. The lowest BCUT2D eigenvalue weighted by atomic mass is 9.92. The molecule has 9 nitrogen and oxygen atoms in total. The molecule has 0 spiro atoms. The van der Waals surface area contributed by atoms with Crippen molar-refractivity contribution in [2.45, 2.75) is 76.7 Å². The number of piperidine rings is 1. The quantitative estimate of drug-likeness (QED) is 0.448. The van der Waals surface area contributed by atoms with Gasteiger partial charge in [0.2, 0.25) is 5.95 Å². The molecule has 36 heavy (non-hydrogen) atoms. The maximum atomic E-state index is 9.82. The van der Waals surface area contributed by atoms with Crippen LogP contribution in [-0.2, 0) is 11.3 Å². The summed E-state index contributed by atoms with van der Waals surface area (Å²) in [4.78, 5) is 22.2. The van der Waals surface area contributed by atoms with Gasteiger partial charge < -0.3 is 19.3 Å². The highest BCUT2D eigenvalue weighted by Crippen LogP contribution is 2.42. The van der Waals surface area contributed by atoms with E-state index < -0.39 is 0 Å². The number of aliphatic hydroxyl groups is 1. The Morgan fingerprint density at radius 1 is 1.03 bits per heavy atom. The highest BCUT2D eigenvalue weighted by molar-refractivity contribution is 5.91. The van der Waals surface area contributed by atoms with Crippen LogP contribution in [0.25, 0.3) is 33.5 Å². The van der Waals surface area contributed by atoms with Crippen molar-refractivity contribution < 1.29 is 9.84 Å². The van der Waals surface area contributed by atoms with Crippen molar-refractivity contribution in [2.75, 3.05) is 18.1 Å². The van der Waals surface area contributed by atoms with Crippen LogP contribution in [0.4, 0.5) is 5.95 Å². The van der Waals surface area contributed by atoms with E-state index in [1.54, 1.807) is 0 Å². The van der Waals surface area contributed by atoms with Crippen LogP contribution in [0.5, 0.6) is 0 Å². The van der Waals surface area contributed by atoms with Crippen LogP contribution in [0.3, 0.4) is 0 Å². The lowest BCUT2D eigenvalue weighted by Crippen LogP contribution is -2.44. The van der Waals surface area contributed by atoms with Gasteiger partial charge in [-0.25, -0.2) is 15.0 Å². The Kier molecular flexibility index (Phi) is 5.43. The molecule has 2 bridgehead atoms. The van der Waals surface area contributed by atoms with Crippen LogP contribution >= 0.6 is 0 Å². The van der Waals surface area contributed by atoms with E-state index in [1.165, 1.54) is 0 Å². The van der Waals surface area contributed by atoms with E-state index >= 15 is 0 Å². The van der Waals surface area contributed by atoms with E-state index in [0.717, 1.165) is 97.5 Å². The smallest absolute Gasteiger partial charge is 0.228 e. The second-order valence-corrected chi connectivity index (χ2v) is 10.6. The molecule has 0 saturated carbocycles. The van der Waals surface area contributed by atoms with Gasteiger partial charge in [-0.2, -0.15) is 4.98 Å². The molecule has 1 aromatic carbocycles. The number of rotatable bonds is 5. The molecule has 0 amide bonds. The normalized spacial score (nSPS) is 26.3. The van der Waals surface area contributed by atoms with Gasteiger partial charge >= 0.3 is 0 Å². The van der Waals surface area contributed by atoms with E-state index in [9.17, 15) is 5.11 Å². The highest BCUT2D eigenvalue weighted by atomic mass is 16.5. The third kappa shape index (κ3) is 3.51. The Hall–Kier alpha value is -3.04. The van der Waals surface area contributed by atoms with Crippen molar-refractivity contribution in [1.29, 1.82) is 0 Å². The largest absolute Gasteiger partial charge is 0.396 e. The number of nitrogens with zero attached hydrogens (tertiary/aromatic N) is 7. The summed E-state index contributed by atoms with van der Waals surface area (Å²) in [6, 6.07) is 7.12. The SMILES string of the molecule is CCn1cnc2cc(-c3nc(N4C5CCC4CC(CO)C5)nc4c3ncn4C3CCCCO3)ccc21. The summed E-state index contributed by atoms with van der Waals surface area (Å²) >= 11 is 0. The first-order valence-corrected chi connectivity index (χ1v) is 13.4. The van der Waals surface area contributed by atoms with Crippen molar-refractivity contribution in [3.8, 4) is 11.3 Å². The lowest BCUT2D eigenvalue weighted by molar-refractivity contribution is -0.0298. The van der Waals surface area contributed by atoms with Gasteiger partial charge in [-0.1, -0.05) is 6.07 Å². The zero-order chi connectivity index (χ0) is 24.2. The highest BCUT2D eigenvalue weighted by Gasteiger charge is 2.42. The molecule has 188 valence electrons. The average Bonchev–Trinajstić information content (AvgIpc) is 3.61. The first-order chi connectivity index (χ1) is 17.7. The predicted octanol–water partition coefficient (Wildman–Crippen LogP) is 4.30. The molecule has 0 aliphatic carbocycles. The number of aryl methyl sites for hydroxylation is 1. The fraction of sp³-hybridized carbons (Fsp3) is 0.556. The molecule has 9 heteroatoms. The predicted molar refractivity (Wildman–Crippen MR) is 138 cm³/mol. The van der Waals surface area contributed by atoms with Crippen LogP contribution < -0.4 is 4.90 Å². The second kappa shape index (κ2) is 8.81. The van der Waals surface area contributed by atoms with Crippen LogP contribution in [0.1, 0.15) is 58.1 Å². The number of anilines is 1. The number of hydrogen-bond donors (Lipinski definition) is 1. The Balaban J connectivity index is 1.38. The fourth-order valence-corrected chi connectivity index (χ4v) is 6.60. The first-order valence-electron chi connectivity index (χ1n) is 13.4. The van der Waals surface area contributed by atoms with E-state index in [4.69, 9.17) is 19.7 Å². The standard InChI is InChI=1S/C27H33N7O2/c1-2-32-15-28-21-13-18(6-9-22(21)32)24-25-26(33(16-29-25)23-5-3-4-10-36-23)31-27(30-24)34-19-7-8-20(34)12-17(11-19)14-35/h6,9,13,15-17,19-20,23,35H,2-5,7-8,10-12,14H2,1H3. The van der Waals surface area contributed by atoms with Crippen molar-refractivity contribution in [3.63, 3.8) is 0 Å². The summed E-state index contributed by atoms with van der Waals surface area (Å²) in [5.41, 5.74) is 5.58. The summed E-state index contributed by atoms with van der Waals surface area (Å²) in [6.45, 7) is 4.05. The Bertz CT molecular complexity index is 1390. The molecular formula is C27H33N7O2. The molecule has 3 aliphatic rings. The van der Waals surface area contributed by atoms with Crippen molar-refractivity contribution >= 4 is 28.1 Å². The zero-order valence-corrected chi connectivity index (χ0v) is 20.8. The van der Waals surface area contributed by atoms with Crippen LogP contribution in [0, 0.1) is 5.92 Å². The molecule has 0 radical (unpaired) electrons. The first kappa shape index (κ1) is 22.2. The number of benzene rings is 1. The minimum Gasteiger partial charge on any atom is -0.396 e. The summed E-state index contributed by atoms with van der Waals surface area (Å²) in [7, 11) is 0. The third-order valence-electron chi connectivity index (χ3n) is 8.43. The van der Waals surface area contributed by atoms with Crippen molar-refractivity contribution in [3.05, 3.63) is 30.9 Å². The van der Waals surface area contributed by atoms with Gasteiger partial charge in [-0.05, 0) is 69.9 Å². The van der Waals surface area contributed by atoms with Crippen molar-refractivity contribution in [1.82, 2.24) is 29.1 Å². The number of aromatic nitrogens is 6. The lowest BCUT2D eigenvalue weighted by Gasteiger charge is -2.38. The van der Waals surface area contributed by atoms with E-state index in [2.05, 4.69) is 44.1 Å². The molecule has 7 rings (SSSR count). The molecule has 3 aromatic heterocycles. The van der Waals surface area contributed by atoms with Gasteiger partial charge in [0.1, 0.15) is 17.4 Å². The van der Waals surface area contributed by atoms with Crippen LogP contribution in [0.15, 0.2) is 30.9 Å². The molecule has 1 N–H and O–H groups in total. The molecular weight excluding hydrogens is 454 g/mol. The van der Waals surface area contributed by atoms with Gasteiger partial charge in [0.05, 0.1) is 23.7 Å². The summed E-state index contributed by atoms with van der Waals surface area (Å²) in [5.74, 6) is 1.15. The topological polar surface area (TPSA) is 94.1 Å². The number of fused-ring (bicyclic) bond motifs is 4. The number of aliphatic hydroxyl groups excluding tert-OH is 1. The molecule has 3 fully saturated rings. The van der Waals surface area contributed by atoms with Gasteiger partial charge in [-0.3, -0.25) is 4.57 Å². The molecule has 3 saturated heterocycles. The van der Waals surface area contributed by atoms with Crippen molar-refractivity contribution in [2.24, 2.45) is 5.92 Å². The number of hydrogen-bond acceptors (Lipinski definition) is 7. The molecule has 3 aliphatic heterocycles. The Morgan fingerprint density at radius 3 is 2.64 bits per heavy atom. The second-order valence-electron chi connectivity index (χ2n) is 10.6. The number of ether oxygens (including phenoxy) is 1. The maximum absolute atomic E-state index is 9.82. The molecule has 3 atom stereocenters. The number of imidazole rings is 2. The maximum Gasteiger partial charge on any atom is 0.228 e. The van der Waals surface area contributed by atoms with Crippen LogP contribution in [0.2, 0.25) is 0 Å². The fourth-order valence-electron chi connectivity index (χ4n) is 6.60. The van der Waals surface area contributed by atoms with E-state index in [0.29, 0.717) is 18.0 Å². The zero-order valence-electron chi connectivity index (χ0n) is 20.8. The minimum absolute atomic E-state index is 0.0427. The summed E-state index contributed by atoms with van der Waals surface area (Å²) in [6.07, 6.45) is 11.2. The van der Waals surface area contributed by atoms with E-state index in [-0.39, 0.29) is 12.8 Å². The van der Waals surface area contributed by atoms with Gasteiger partial charge in [0.25, 0.3) is 0 Å². The molecule has 6 heterocycles. The minimum atomic E-state index is -0.0427. The third-order valence-corrected chi connectivity index (χ3v) is 8.43. The van der Waals surface area contributed by atoms with Gasteiger partial charge in [0.15, 0.2) is 5.65 Å². The summed E-state index contributed by atoms with van der Waals surface area (Å²) < 4.78 is 10.4. The average molecular weight is 488 g/mol. The molecule has 3 unspecified atom stereocenters. The van der Waals surface area contributed by atoms with Crippen LogP contribution in [-0.4, -0.2) is 59.5 Å². The van der Waals surface area contributed by atoms with E-state index in [1.807, 2.05) is 12.7 Å². The Morgan fingerprint density at radius 2 is 1.89 bits per heavy atom. The van der Waals surface area contributed by atoms with Gasteiger partial charge in [0, 0.05) is 37.4 Å². The van der Waals surface area contributed by atoms with Gasteiger partial charge in [-0.15, -0.1) is 0 Å². The summed E-state index contributed by atoms with van der Waals surface area (Å²) in [5, 5.41) is 9.82. The Labute approximate surface area is 210 Å².